The minimum Gasteiger partial charge on any atom is -0.480 e. The molecule has 7 heteroatoms. The number of nitrogen functional groups attached to an aromatic ring is 1. The van der Waals surface area contributed by atoms with Gasteiger partial charge in [0.15, 0.2) is 0 Å². The summed E-state index contributed by atoms with van der Waals surface area (Å²) < 4.78 is 20.2. The summed E-state index contributed by atoms with van der Waals surface area (Å²) >= 11 is 0. The molecule has 6 nitrogen and oxygen atoms in total. The number of hydrogen-bond donors (Lipinski definition) is 2. The normalized spacial score (nSPS) is 20.2. The molecule has 1 aliphatic rings. The summed E-state index contributed by atoms with van der Waals surface area (Å²) in [6, 6.07) is 17.8. The van der Waals surface area contributed by atoms with Gasteiger partial charge < -0.3 is 20.5 Å². The van der Waals surface area contributed by atoms with E-state index in [0.717, 1.165) is 35.1 Å². The van der Waals surface area contributed by atoms with Crippen LogP contribution >= 0.6 is 0 Å². The van der Waals surface area contributed by atoms with Gasteiger partial charge in [0.25, 0.3) is 5.91 Å². The number of carbonyl (C=O) groups is 2. The molecule has 3 N–H and O–H groups in total. The number of halogens is 1. The SMILES string of the molecule is CCCc1ccc(C2C(c3ccc(N)cc3C)OC(Cc3ccc(F)cc3)C(=O)N2C(CCC)C(=O)O)cc1. The Morgan fingerprint density at radius 3 is 2.28 bits per heavy atom. The van der Waals surface area contributed by atoms with E-state index in [1.165, 1.54) is 22.6 Å². The lowest BCUT2D eigenvalue weighted by Gasteiger charge is -2.47. The number of ether oxygens (including phenoxy) is 1. The Balaban J connectivity index is 1.87. The van der Waals surface area contributed by atoms with Crippen LogP contribution in [0.2, 0.25) is 0 Å². The van der Waals surface area contributed by atoms with E-state index in [1.807, 2.05) is 50.2 Å². The van der Waals surface area contributed by atoms with Gasteiger partial charge in [0.05, 0.1) is 6.04 Å². The fraction of sp³-hybridized carbons (Fsp3) is 0.375. The van der Waals surface area contributed by atoms with E-state index in [9.17, 15) is 19.1 Å². The van der Waals surface area contributed by atoms with Gasteiger partial charge in [-0.25, -0.2) is 9.18 Å². The molecule has 3 aromatic rings. The largest absolute Gasteiger partial charge is 0.480 e. The van der Waals surface area contributed by atoms with Crippen molar-refractivity contribution in [1.82, 2.24) is 4.90 Å². The third kappa shape index (κ3) is 6.31. The summed E-state index contributed by atoms with van der Waals surface area (Å²) in [5, 5.41) is 10.3. The first kappa shape index (κ1) is 28.3. The fourth-order valence-corrected chi connectivity index (χ4v) is 5.50. The first-order valence-electron chi connectivity index (χ1n) is 13.6. The van der Waals surface area contributed by atoms with Gasteiger partial charge in [0.1, 0.15) is 24.1 Å². The second-order valence-electron chi connectivity index (χ2n) is 10.3. The van der Waals surface area contributed by atoms with Gasteiger partial charge in [0, 0.05) is 12.1 Å². The van der Waals surface area contributed by atoms with Crippen molar-refractivity contribution in [2.45, 2.75) is 77.2 Å². The van der Waals surface area contributed by atoms with Crippen molar-refractivity contribution < 1.29 is 23.8 Å². The molecule has 4 rings (SSSR count). The Labute approximate surface area is 229 Å². The lowest BCUT2D eigenvalue weighted by atomic mass is 9.86. The van der Waals surface area contributed by atoms with Gasteiger partial charge in [-0.1, -0.05) is 69.2 Å². The molecule has 0 aromatic heterocycles. The predicted octanol–water partition coefficient (Wildman–Crippen LogP) is 6.17. The molecule has 1 fully saturated rings. The highest BCUT2D eigenvalue weighted by atomic mass is 19.1. The second-order valence-corrected chi connectivity index (χ2v) is 10.3. The average molecular weight is 533 g/mol. The van der Waals surface area contributed by atoms with Gasteiger partial charge in [-0.05, 0) is 71.8 Å². The van der Waals surface area contributed by atoms with Crippen molar-refractivity contribution in [2.75, 3.05) is 5.73 Å². The first-order chi connectivity index (χ1) is 18.7. The Kier molecular flexibility index (Phi) is 9.02. The summed E-state index contributed by atoms with van der Waals surface area (Å²) in [4.78, 5) is 28.3. The number of carbonyl (C=O) groups excluding carboxylic acids is 1. The van der Waals surface area contributed by atoms with E-state index in [1.54, 1.807) is 18.2 Å². The van der Waals surface area contributed by atoms with Crippen molar-refractivity contribution >= 4 is 17.6 Å². The Morgan fingerprint density at radius 1 is 1.03 bits per heavy atom. The van der Waals surface area contributed by atoms with E-state index in [-0.39, 0.29) is 18.1 Å². The molecule has 3 aromatic carbocycles. The van der Waals surface area contributed by atoms with Crippen LogP contribution in [-0.4, -0.2) is 34.0 Å². The monoisotopic (exact) mass is 532 g/mol. The summed E-state index contributed by atoms with van der Waals surface area (Å²) in [6.45, 7) is 5.96. The minimum absolute atomic E-state index is 0.195. The van der Waals surface area contributed by atoms with Gasteiger partial charge in [-0.15, -0.1) is 0 Å². The van der Waals surface area contributed by atoms with Crippen LogP contribution in [0.5, 0.6) is 0 Å². The lowest BCUT2D eigenvalue weighted by molar-refractivity contribution is -0.184. The van der Waals surface area contributed by atoms with Gasteiger partial charge in [0.2, 0.25) is 0 Å². The predicted molar refractivity (Wildman–Crippen MR) is 150 cm³/mol. The van der Waals surface area contributed by atoms with Crippen LogP contribution in [0.1, 0.15) is 73.1 Å². The van der Waals surface area contributed by atoms with Crippen LogP contribution in [0.15, 0.2) is 66.7 Å². The van der Waals surface area contributed by atoms with E-state index < -0.39 is 30.3 Å². The van der Waals surface area contributed by atoms with E-state index in [4.69, 9.17) is 10.5 Å². The van der Waals surface area contributed by atoms with E-state index >= 15 is 0 Å². The highest BCUT2D eigenvalue weighted by Crippen LogP contribution is 2.45. The maximum Gasteiger partial charge on any atom is 0.326 e. The van der Waals surface area contributed by atoms with Crippen LogP contribution < -0.4 is 5.73 Å². The van der Waals surface area contributed by atoms with Crippen molar-refractivity contribution in [2.24, 2.45) is 0 Å². The molecule has 1 heterocycles. The molecular formula is C32H37FN2O4. The maximum absolute atomic E-state index is 14.1. The van der Waals surface area contributed by atoms with E-state index in [2.05, 4.69) is 6.92 Å². The molecule has 4 unspecified atom stereocenters. The average Bonchev–Trinajstić information content (AvgIpc) is 2.90. The van der Waals surface area contributed by atoms with Crippen molar-refractivity contribution in [3.05, 3.63) is 100 Å². The van der Waals surface area contributed by atoms with Crippen LogP contribution in [0.4, 0.5) is 10.1 Å². The molecule has 0 saturated carbocycles. The molecule has 0 radical (unpaired) electrons. The number of nitrogens with two attached hydrogens (primary N) is 1. The third-order valence-corrected chi connectivity index (χ3v) is 7.40. The number of rotatable bonds is 10. The summed E-state index contributed by atoms with van der Waals surface area (Å²) in [7, 11) is 0. The number of benzene rings is 3. The Bertz CT molecular complexity index is 1290. The lowest BCUT2D eigenvalue weighted by Crippen LogP contribution is -2.57. The fourth-order valence-electron chi connectivity index (χ4n) is 5.50. The standard InChI is InChI=1S/C32H37FN2O4/c1-4-6-21-8-12-23(13-9-21)29-30(26-17-16-25(34)18-20(26)3)39-28(19-22-10-14-24(33)15-11-22)31(36)35(29)27(7-5-2)32(37)38/h8-18,27-30H,4-7,19,34H2,1-3H3,(H,37,38). The number of morpholine rings is 1. The molecular weight excluding hydrogens is 495 g/mol. The number of aliphatic carboxylic acids is 1. The van der Waals surface area contributed by atoms with Crippen LogP contribution in [0.25, 0.3) is 0 Å². The topological polar surface area (TPSA) is 92.9 Å². The zero-order valence-electron chi connectivity index (χ0n) is 22.8. The third-order valence-electron chi connectivity index (χ3n) is 7.40. The Morgan fingerprint density at radius 2 is 1.69 bits per heavy atom. The smallest absolute Gasteiger partial charge is 0.326 e. The molecule has 1 aliphatic heterocycles. The maximum atomic E-state index is 14.1. The van der Waals surface area contributed by atoms with Gasteiger partial charge in [-0.3, -0.25) is 4.79 Å². The molecule has 1 amide bonds. The van der Waals surface area contributed by atoms with Crippen LogP contribution in [0, 0.1) is 12.7 Å². The molecule has 206 valence electrons. The molecule has 4 atom stereocenters. The number of nitrogens with zero attached hydrogens (tertiary/aromatic N) is 1. The number of amides is 1. The number of hydrogen-bond acceptors (Lipinski definition) is 4. The number of carboxylic acid groups (broad SMARTS) is 1. The minimum atomic E-state index is -1.05. The van der Waals surface area contributed by atoms with Gasteiger partial charge >= 0.3 is 5.97 Å². The molecule has 0 bridgehead atoms. The van der Waals surface area contributed by atoms with Crippen LogP contribution in [-0.2, 0) is 27.2 Å². The highest BCUT2D eigenvalue weighted by molar-refractivity contribution is 5.88. The van der Waals surface area contributed by atoms with Crippen molar-refractivity contribution in [1.29, 1.82) is 0 Å². The number of carboxylic acids is 1. The quantitative estimate of drug-likeness (QED) is 0.305. The van der Waals surface area contributed by atoms with Crippen molar-refractivity contribution in [3.63, 3.8) is 0 Å². The Hall–Kier alpha value is -3.71. The van der Waals surface area contributed by atoms with E-state index in [0.29, 0.717) is 18.5 Å². The van der Waals surface area contributed by atoms with Gasteiger partial charge in [-0.2, -0.15) is 0 Å². The summed E-state index contributed by atoms with van der Waals surface area (Å²) in [5.74, 6) is -1.80. The zero-order valence-corrected chi connectivity index (χ0v) is 22.8. The molecule has 1 saturated heterocycles. The zero-order chi connectivity index (χ0) is 28.1. The summed E-state index contributed by atoms with van der Waals surface area (Å²) in [6.07, 6.45) is 1.46. The van der Waals surface area contributed by atoms with Crippen LogP contribution in [0.3, 0.4) is 0 Å². The number of aryl methyl sites for hydroxylation is 2. The molecule has 39 heavy (non-hydrogen) atoms. The molecule has 0 spiro atoms. The van der Waals surface area contributed by atoms with Crippen molar-refractivity contribution in [3.8, 4) is 0 Å². The summed E-state index contributed by atoms with van der Waals surface area (Å²) in [5.41, 5.74) is 11.1. The second kappa shape index (κ2) is 12.4. The number of anilines is 1. The molecule has 0 aliphatic carbocycles. The first-order valence-corrected chi connectivity index (χ1v) is 13.6. The highest BCUT2D eigenvalue weighted by Gasteiger charge is 2.48.